The third-order valence-corrected chi connectivity index (χ3v) is 6.81. The summed E-state index contributed by atoms with van der Waals surface area (Å²) in [7, 11) is 1.67. The van der Waals surface area contributed by atoms with Crippen molar-refractivity contribution in [3.63, 3.8) is 0 Å². The number of nitrogens with zero attached hydrogens (tertiary/aromatic N) is 3. The molecule has 0 N–H and O–H groups in total. The van der Waals surface area contributed by atoms with Gasteiger partial charge in [0, 0.05) is 39.3 Å². The van der Waals surface area contributed by atoms with Gasteiger partial charge in [-0.25, -0.2) is 4.39 Å². The third kappa shape index (κ3) is 6.23. The molecule has 4 aromatic rings. The van der Waals surface area contributed by atoms with Crippen molar-refractivity contribution in [3.8, 4) is 5.75 Å². The predicted octanol–water partition coefficient (Wildman–Crippen LogP) is 5.59. The maximum atomic E-state index is 13.4. The Kier molecular flexibility index (Phi) is 8.04. The molecule has 0 bridgehead atoms. The average Bonchev–Trinajstić information content (AvgIpc) is 3.43. The van der Waals surface area contributed by atoms with Gasteiger partial charge in [-0.1, -0.05) is 54.6 Å². The summed E-state index contributed by atoms with van der Waals surface area (Å²) >= 11 is 0. The number of furan rings is 1. The molecule has 7 heteroatoms. The van der Waals surface area contributed by atoms with Crippen LogP contribution in [0, 0.1) is 5.82 Å². The van der Waals surface area contributed by atoms with Crippen LogP contribution in [0.15, 0.2) is 95.4 Å². The molecule has 2 heterocycles. The topological polar surface area (TPSA) is 49.2 Å². The standard InChI is InChI=1S/C31H32FN3O3/c1-37-29-10-6-5-9-28(29)34-17-19-35(20-18-34)31(36)30-16-15-27(38-30)23-33(21-24-7-3-2-4-8-24)22-25-11-13-26(32)14-12-25/h2-16H,17-23H2,1H3. The van der Waals surface area contributed by atoms with Crippen LogP contribution in [0.1, 0.15) is 27.4 Å². The Morgan fingerprint density at radius 2 is 1.47 bits per heavy atom. The number of piperazine rings is 1. The van der Waals surface area contributed by atoms with Crippen LogP contribution in [0.3, 0.4) is 0 Å². The van der Waals surface area contributed by atoms with E-state index in [2.05, 4.69) is 21.9 Å². The zero-order chi connectivity index (χ0) is 26.3. The highest BCUT2D eigenvalue weighted by Crippen LogP contribution is 2.28. The molecule has 0 aliphatic carbocycles. The first kappa shape index (κ1) is 25.5. The normalized spacial score (nSPS) is 13.7. The van der Waals surface area contributed by atoms with Gasteiger partial charge in [-0.05, 0) is 47.5 Å². The van der Waals surface area contributed by atoms with E-state index in [0.717, 1.165) is 35.9 Å². The first-order chi connectivity index (χ1) is 18.6. The lowest BCUT2D eigenvalue weighted by molar-refractivity contribution is 0.0710. The van der Waals surface area contributed by atoms with Crippen molar-refractivity contribution in [1.82, 2.24) is 9.80 Å². The second-order valence-corrected chi connectivity index (χ2v) is 9.47. The van der Waals surface area contributed by atoms with Gasteiger partial charge in [0.1, 0.15) is 17.3 Å². The molecule has 1 aliphatic heterocycles. The van der Waals surface area contributed by atoms with E-state index in [1.807, 2.05) is 53.4 Å². The van der Waals surface area contributed by atoms with E-state index >= 15 is 0 Å². The zero-order valence-corrected chi connectivity index (χ0v) is 21.6. The number of amides is 1. The van der Waals surface area contributed by atoms with Crippen LogP contribution < -0.4 is 9.64 Å². The molecule has 0 unspecified atom stereocenters. The van der Waals surface area contributed by atoms with Crippen LogP contribution in [0.2, 0.25) is 0 Å². The van der Waals surface area contributed by atoms with E-state index in [4.69, 9.17) is 9.15 Å². The first-order valence-corrected chi connectivity index (χ1v) is 12.9. The van der Waals surface area contributed by atoms with Crippen LogP contribution in [0.4, 0.5) is 10.1 Å². The van der Waals surface area contributed by atoms with Crippen LogP contribution in [-0.2, 0) is 19.6 Å². The van der Waals surface area contributed by atoms with E-state index in [1.54, 1.807) is 25.3 Å². The van der Waals surface area contributed by atoms with E-state index in [1.165, 1.54) is 17.7 Å². The molecule has 6 nitrogen and oxygen atoms in total. The lowest BCUT2D eigenvalue weighted by atomic mass is 10.1. The van der Waals surface area contributed by atoms with Gasteiger partial charge in [0.15, 0.2) is 5.76 Å². The summed E-state index contributed by atoms with van der Waals surface area (Å²) in [5.41, 5.74) is 3.23. The number of carbonyl (C=O) groups excluding carboxylic acids is 1. The molecule has 1 saturated heterocycles. The lowest BCUT2D eigenvalue weighted by Gasteiger charge is -2.36. The fourth-order valence-corrected chi connectivity index (χ4v) is 4.85. The predicted molar refractivity (Wildman–Crippen MR) is 146 cm³/mol. The maximum absolute atomic E-state index is 13.4. The molecule has 5 rings (SSSR count). The van der Waals surface area contributed by atoms with Gasteiger partial charge in [-0.3, -0.25) is 9.69 Å². The minimum absolute atomic E-state index is 0.0935. The highest BCUT2D eigenvalue weighted by atomic mass is 19.1. The number of para-hydroxylation sites is 2. The van der Waals surface area contributed by atoms with Crippen LogP contribution >= 0.6 is 0 Å². The Morgan fingerprint density at radius 3 is 2.18 bits per heavy atom. The quantitative estimate of drug-likeness (QED) is 0.292. The van der Waals surface area contributed by atoms with Crippen molar-refractivity contribution in [1.29, 1.82) is 0 Å². The summed E-state index contributed by atoms with van der Waals surface area (Å²) in [6.45, 7) is 4.53. The van der Waals surface area contributed by atoms with Crippen molar-refractivity contribution in [2.45, 2.75) is 19.6 Å². The van der Waals surface area contributed by atoms with Gasteiger partial charge < -0.3 is 19.0 Å². The SMILES string of the molecule is COc1ccccc1N1CCN(C(=O)c2ccc(CN(Cc3ccccc3)Cc3ccc(F)cc3)o2)CC1. The number of hydrogen-bond acceptors (Lipinski definition) is 5. The molecular weight excluding hydrogens is 481 g/mol. The molecule has 1 amide bonds. The van der Waals surface area contributed by atoms with Crippen molar-refractivity contribution >= 4 is 11.6 Å². The third-order valence-electron chi connectivity index (χ3n) is 6.81. The Bertz CT molecular complexity index is 1330. The summed E-state index contributed by atoms with van der Waals surface area (Å²) in [5.74, 6) is 1.57. The molecular formula is C31H32FN3O3. The van der Waals surface area contributed by atoms with Crippen LogP contribution in [0.5, 0.6) is 5.75 Å². The summed E-state index contributed by atoms with van der Waals surface area (Å²) < 4.78 is 25.0. The summed E-state index contributed by atoms with van der Waals surface area (Å²) in [4.78, 5) is 19.5. The Morgan fingerprint density at radius 1 is 0.816 bits per heavy atom. The monoisotopic (exact) mass is 513 g/mol. The lowest BCUT2D eigenvalue weighted by Crippen LogP contribution is -2.48. The molecule has 3 aromatic carbocycles. The maximum Gasteiger partial charge on any atom is 0.289 e. The number of methoxy groups -OCH3 is 1. The van der Waals surface area contributed by atoms with Gasteiger partial charge in [-0.15, -0.1) is 0 Å². The van der Waals surface area contributed by atoms with Gasteiger partial charge in [0.25, 0.3) is 5.91 Å². The summed E-state index contributed by atoms with van der Waals surface area (Å²) in [6.07, 6.45) is 0. The van der Waals surface area contributed by atoms with E-state index in [9.17, 15) is 9.18 Å². The highest BCUT2D eigenvalue weighted by Gasteiger charge is 2.26. The van der Waals surface area contributed by atoms with Gasteiger partial charge in [0.2, 0.25) is 0 Å². The number of anilines is 1. The van der Waals surface area contributed by atoms with Crippen molar-refractivity contribution in [2.75, 3.05) is 38.2 Å². The van der Waals surface area contributed by atoms with Crippen LogP contribution in [0.25, 0.3) is 0 Å². The molecule has 0 saturated carbocycles. The number of rotatable bonds is 9. The van der Waals surface area contributed by atoms with Crippen LogP contribution in [-0.4, -0.2) is 49.0 Å². The Balaban J connectivity index is 1.23. The molecule has 1 fully saturated rings. The van der Waals surface area contributed by atoms with Gasteiger partial charge >= 0.3 is 0 Å². The molecule has 38 heavy (non-hydrogen) atoms. The number of hydrogen-bond donors (Lipinski definition) is 0. The van der Waals surface area contributed by atoms with E-state index in [0.29, 0.717) is 38.5 Å². The number of halogens is 1. The number of carbonyl (C=O) groups is 1. The Labute approximate surface area is 222 Å². The second-order valence-electron chi connectivity index (χ2n) is 9.47. The minimum Gasteiger partial charge on any atom is -0.495 e. The zero-order valence-electron chi connectivity index (χ0n) is 21.6. The largest absolute Gasteiger partial charge is 0.495 e. The number of ether oxygens (including phenoxy) is 1. The molecule has 0 atom stereocenters. The number of benzene rings is 3. The molecule has 1 aromatic heterocycles. The fourth-order valence-electron chi connectivity index (χ4n) is 4.85. The molecule has 196 valence electrons. The summed E-state index contributed by atoms with van der Waals surface area (Å²) in [6, 6.07) is 28.3. The smallest absolute Gasteiger partial charge is 0.289 e. The fraction of sp³-hybridized carbons (Fsp3) is 0.258. The second kappa shape index (κ2) is 12.0. The highest BCUT2D eigenvalue weighted by molar-refractivity contribution is 5.91. The summed E-state index contributed by atoms with van der Waals surface area (Å²) in [5, 5.41) is 0. The first-order valence-electron chi connectivity index (χ1n) is 12.9. The molecule has 0 radical (unpaired) electrons. The van der Waals surface area contributed by atoms with E-state index < -0.39 is 0 Å². The van der Waals surface area contributed by atoms with Gasteiger partial charge in [-0.2, -0.15) is 0 Å². The molecule has 0 spiro atoms. The van der Waals surface area contributed by atoms with Gasteiger partial charge in [0.05, 0.1) is 19.3 Å². The van der Waals surface area contributed by atoms with Crippen molar-refractivity contribution < 1.29 is 18.3 Å². The average molecular weight is 514 g/mol. The van der Waals surface area contributed by atoms with E-state index in [-0.39, 0.29) is 11.7 Å². The van der Waals surface area contributed by atoms with Crippen molar-refractivity contribution in [3.05, 3.63) is 119 Å². The molecule has 1 aliphatic rings. The Hall–Kier alpha value is -4.10. The van der Waals surface area contributed by atoms with Crippen molar-refractivity contribution in [2.24, 2.45) is 0 Å². The minimum atomic E-state index is -0.249.